The Labute approximate surface area is 154 Å². The molecule has 5 nitrogen and oxygen atoms in total. The van der Waals surface area contributed by atoms with E-state index in [1.807, 2.05) is 31.2 Å². The third kappa shape index (κ3) is 4.00. The van der Waals surface area contributed by atoms with E-state index in [2.05, 4.69) is 10.2 Å². The van der Waals surface area contributed by atoms with Crippen LogP contribution in [0.4, 0.5) is 0 Å². The molecule has 1 aromatic heterocycles. The lowest BCUT2D eigenvalue weighted by Crippen LogP contribution is -2.10. The average Bonchev–Trinajstić information content (AvgIpc) is 3.05. The van der Waals surface area contributed by atoms with E-state index in [0.29, 0.717) is 10.9 Å². The van der Waals surface area contributed by atoms with Gasteiger partial charge in [-0.1, -0.05) is 40.9 Å². The minimum Gasteiger partial charge on any atom is -0.449 e. The van der Waals surface area contributed by atoms with Crippen molar-refractivity contribution in [1.29, 1.82) is 0 Å². The zero-order valence-electron chi connectivity index (χ0n) is 13.5. The predicted octanol–water partition coefficient (Wildman–Crippen LogP) is 5.27. The molecule has 3 aromatic rings. The molecular formula is C18H14Cl2N2O3. The van der Waals surface area contributed by atoms with Crippen molar-refractivity contribution < 1.29 is 13.9 Å². The minimum atomic E-state index is -0.717. The lowest BCUT2D eigenvalue weighted by Gasteiger charge is -2.10. The molecule has 0 fully saturated rings. The Morgan fingerprint density at radius 3 is 2.52 bits per heavy atom. The highest BCUT2D eigenvalue weighted by molar-refractivity contribution is 6.36. The summed E-state index contributed by atoms with van der Waals surface area (Å²) >= 11 is 11.8. The fourth-order valence-electron chi connectivity index (χ4n) is 2.14. The number of rotatable bonds is 4. The normalized spacial score (nSPS) is 12.0. The number of hydrogen-bond acceptors (Lipinski definition) is 5. The van der Waals surface area contributed by atoms with E-state index in [0.717, 1.165) is 11.1 Å². The highest BCUT2D eigenvalue weighted by Crippen LogP contribution is 2.26. The summed E-state index contributed by atoms with van der Waals surface area (Å²) in [6.45, 7) is 3.64. The van der Waals surface area contributed by atoms with Crippen molar-refractivity contribution >= 4 is 29.2 Å². The number of esters is 1. The summed E-state index contributed by atoms with van der Waals surface area (Å²) in [4.78, 5) is 12.2. The lowest BCUT2D eigenvalue weighted by atomic mass is 10.1. The van der Waals surface area contributed by atoms with Gasteiger partial charge < -0.3 is 9.15 Å². The van der Waals surface area contributed by atoms with Crippen LogP contribution < -0.4 is 0 Å². The summed E-state index contributed by atoms with van der Waals surface area (Å²) in [6, 6.07) is 12.2. The molecule has 0 saturated carbocycles. The lowest BCUT2D eigenvalue weighted by molar-refractivity contribution is 0.0280. The van der Waals surface area contributed by atoms with E-state index in [9.17, 15) is 4.79 Å². The number of aryl methyl sites for hydroxylation is 1. The second kappa shape index (κ2) is 7.25. The second-order valence-electron chi connectivity index (χ2n) is 5.48. The molecule has 2 aromatic carbocycles. The maximum absolute atomic E-state index is 12.2. The average molecular weight is 377 g/mol. The van der Waals surface area contributed by atoms with E-state index in [4.69, 9.17) is 32.4 Å². The van der Waals surface area contributed by atoms with Crippen molar-refractivity contribution in [2.24, 2.45) is 0 Å². The first kappa shape index (κ1) is 17.5. The van der Waals surface area contributed by atoms with Crippen LogP contribution in [0, 0.1) is 6.92 Å². The Balaban J connectivity index is 1.74. The first-order valence-electron chi connectivity index (χ1n) is 7.50. The van der Waals surface area contributed by atoms with Crippen LogP contribution in [-0.4, -0.2) is 16.2 Å². The van der Waals surface area contributed by atoms with E-state index in [-0.39, 0.29) is 16.5 Å². The molecule has 0 saturated heterocycles. The summed E-state index contributed by atoms with van der Waals surface area (Å²) < 4.78 is 11.0. The minimum absolute atomic E-state index is 0.203. The van der Waals surface area contributed by atoms with Crippen LogP contribution in [0.5, 0.6) is 0 Å². The fraction of sp³-hybridized carbons (Fsp3) is 0.167. The summed E-state index contributed by atoms with van der Waals surface area (Å²) in [6.07, 6.45) is -0.717. The Kier molecular flexibility index (Phi) is 5.06. The van der Waals surface area contributed by atoms with Gasteiger partial charge in [0, 0.05) is 10.6 Å². The molecular weight excluding hydrogens is 363 g/mol. The van der Waals surface area contributed by atoms with Gasteiger partial charge in [-0.2, -0.15) is 0 Å². The molecule has 0 radical (unpaired) electrons. The third-order valence-electron chi connectivity index (χ3n) is 3.52. The Hall–Kier alpha value is -2.37. The fourth-order valence-corrected chi connectivity index (χ4v) is 2.63. The van der Waals surface area contributed by atoms with Gasteiger partial charge in [0.25, 0.3) is 5.89 Å². The molecule has 7 heteroatoms. The zero-order chi connectivity index (χ0) is 18.0. The van der Waals surface area contributed by atoms with E-state index in [1.54, 1.807) is 13.0 Å². The first-order valence-corrected chi connectivity index (χ1v) is 8.26. The molecule has 0 aliphatic rings. The molecule has 1 atom stereocenters. The number of carbonyl (C=O) groups is 1. The smallest absolute Gasteiger partial charge is 0.340 e. The summed E-state index contributed by atoms with van der Waals surface area (Å²) in [5, 5.41) is 8.60. The topological polar surface area (TPSA) is 65.2 Å². The first-order chi connectivity index (χ1) is 11.9. The van der Waals surface area contributed by atoms with Gasteiger partial charge in [-0.05, 0) is 44.2 Å². The van der Waals surface area contributed by atoms with Crippen molar-refractivity contribution in [2.45, 2.75) is 20.0 Å². The van der Waals surface area contributed by atoms with E-state index >= 15 is 0 Å². The Morgan fingerprint density at radius 2 is 1.84 bits per heavy atom. The monoisotopic (exact) mass is 376 g/mol. The van der Waals surface area contributed by atoms with Crippen molar-refractivity contribution in [2.75, 3.05) is 0 Å². The van der Waals surface area contributed by atoms with Gasteiger partial charge in [0.15, 0.2) is 6.10 Å². The largest absolute Gasteiger partial charge is 0.449 e. The number of ether oxygens (including phenoxy) is 1. The molecule has 0 N–H and O–H groups in total. The number of aromatic nitrogens is 2. The van der Waals surface area contributed by atoms with E-state index in [1.165, 1.54) is 12.1 Å². The van der Waals surface area contributed by atoms with Gasteiger partial charge in [-0.15, -0.1) is 10.2 Å². The second-order valence-corrected chi connectivity index (χ2v) is 6.33. The van der Waals surface area contributed by atoms with Gasteiger partial charge in [0.1, 0.15) is 0 Å². The van der Waals surface area contributed by atoms with Crippen LogP contribution in [0.3, 0.4) is 0 Å². The third-order valence-corrected chi connectivity index (χ3v) is 4.07. The summed E-state index contributed by atoms with van der Waals surface area (Å²) in [7, 11) is 0. The van der Waals surface area contributed by atoms with Crippen LogP contribution in [0.1, 0.15) is 34.8 Å². The Bertz CT molecular complexity index is 907. The van der Waals surface area contributed by atoms with Crippen LogP contribution in [0.15, 0.2) is 46.9 Å². The van der Waals surface area contributed by atoms with Crippen LogP contribution in [0.2, 0.25) is 10.0 Å². The molecule has 0 aliphatic heterocycles. The van der Waals surface area contributed by atoms with Crippen molar-refractivity contribution in [3.63, 3.8) is 0 Å². The highest BCUT2D eigenvalue weighted by atomic mass is 35.5. The van der Waals surface area contributed by atoms with Gasteiger partial charge >= 0.3 is 5.97 Å². The van der Waals surface area contributed by atoms with Crippen molar-refractivity contribution in [3.8, 4) is 11.5 Å². The SMILES string of the molecule is Cc1ccc(-c2nnc([C@@H](C)OC(=O)c3ccc(Cl)cc3Cl)o2)cc1. The van der Waals surface area contributed by atoms with Gasteiger partial charge in [-0.3, -0.25) is 0 Å². The number of hydrogen-bond donors (Lipinski definition) is 0. The maximum atomic E-state index is 12.2. The zero-order valence-corrected chi connectivity index (χ0v) is 15.0. The maximum Gasteiger partial charge on any atom is 0.340 e. The molecule has 0 unspecified atom stereocenters. The molecule has 0 bridgehead atoms. The molecule has 0 spiro atoms. The van der Waals surface area contributed by atoms with Gasteiger partial charge in [-0.25, -0.2) is 4.79 Å². The molecule has 1 heterocycles. The molecule has 0 amide bonds. The Morgan fingerprint density at radius 1 is 1.12 bits per heavy atom. The molecule has 3 rings (SSSR count). The number of nitrogens with zero attached hydrogens (tertiary/aromatic N) is 2. The van der Waals surface area contributed by atoms with Gasteiger partial charge in [0.2, 0.25) is 5.89 Å². The van der Waals surface area contributed by atoms with Crippen molar-refractivity contribution in [1.82, 2.24) is 10.2 Å². The van der Waals surface area contributed by atoms with Crippen LogP contribution in [-0.2, 0) is 4.74 Å². The number of halogens is 2. The summed E-state index contributed by atoms with van der Waals surface area (Å²) in [5.41, 5.74) is 2.14. The highest BCUT2D eigenvalue weighted by Gasteiger charge is 2.21. The van der Waals surface area contributed by atoms with Gasteiger partial charge in [0.05, 0.1) is 10.6 Å². The van der Waals surface area contributed by atoms with Crippen molar-refractivity contribution in [3.05, 3.63) is 69.5 Å². The van der Waals surface area contributed by atoms with Crippen LogP contribution in [0.25, 0.3) is 11.5 Å². The number of benzene rings is 2. The molecule has 0 aliphatic carbocycles. The summed E-state index contributed by atoms with van der Waals surface area (Å²) in [5.74, 6) is -0.0271. The number of carbonyl (C=O) groups excluding carboxylic acids is 1. The standard InChI is InChI=1S/C18H14Cl2N2O3/c1-10-3-5-12(6-4-10)17-22-21-16(25-17)11(2)24-18(23)14-8-7-13(19)9-15(14)20/h3-9,11H,1-2H3/t11-/m1/s1. The predicted molar refractivity (Wildman–Crippen MR) is 94.8 cm³/mol. The van der Waals surface area contributed by atoms with Crippen LogP contribution >= 0.6 is 23.2 Å². The van der Waals surface area contributed by atoms with E-state index < -0.39 is 12.1 Å². The molecule has 25 heavy (non-hydrogen) atoms. The quantitative estimate of drug-likeness (QED) is 0.580. The molecule has 128 valence electrons.